The van der Waals surface area contributed by atoms with E-state index in [2.05, 4.69) is 9.97 Å². The van der Waals surface area contributed by atoms with Crippen LogP contribution < -0.4 is 0 Å². The molecule has 88 valence electrons. The highest BCUT2D eigenvalue weighted by molar-refractivity contribution is 6.39. The molecule has 0 radical (unpaired) electrons. The van der Waals surface area contributed by atoms with Gasteiger partial charge in [0.1, 0.15) is 0 Å². The monoisotopic (exact) mass is 290 g/mol. The van der Waals surface area contributed by atoms with Crippen molar-refractivity contribution in [1.82, 2.24) is 9.97 Å². The van der Waals surface area contributed by atoms with Crippen molar-refractivity contribution in [2.24, 2.45) is 0 Å². The molecular formula is C11H6Cl3FN2. The van der Waals surface area contributed by atoms with Gasteiger partial charge in [-0.15, -0.1) is 0 Å². The molecule has 1 aromatic carbocycles. The molecule has 0 aliphatic rings. The Morgan fingerprint density at radius 1 is 1.06 bits per heavy atom. The van der Waals surface area contributed by atoms with Crippen LogP contribution in [-0.2, 0) is 0 Å². The number of nitrogens with zero attached hydrogens (tertiary/aromatic N) is 2. The van der Waals surface area contributed by atoms with Gasteiger partial charge in [-0.05, 0) is 19.1 Å². The van der Waals surface area contributed by atoms with Gasteiger partial charge in [-0.2, -0.15) is 0 Å². The normalized spacial score (nSPS) is 10.6. The molecule has 2 rings (SSSR count). The van der Waals surface area contributed by atoms with Gasteiger partial charge in [-0.1, -0.05) is 40.9 Å². The number of aryl methyl sites for hydroxylation is 1. The van der Waals surface area contributed by atoms with Crippen molar-refractivity contribution in [3.63, 3.8) is 0 Å². The molecule has 0 fully saturated rings. The van der Waals surface area contributed by atoms with E-state index in [1.54, 1.807) is 18.2 Å². The first-order valence-corrected chi connectivity index (χ1v) is 5.78. The van der Waals surface area contributed by atoms with E-state index in [4.69, 9.17) is 34.8 Å². The van der Waals surface area contributed by atoms with Gasteiger partial charge < -0.3 is 0 Å². The second kappa shape index (κ2) is 4.77. The summed E-state index contributed by atoms with van der Waals surface area (Å²) < 4.78 is 13.3. The van der Waals surface area contributed by atoms with Crippen LogP contribution in [0, 0.1) is 12.7 Å². The number of hydrogen-bond acceptors (Lipinski definition) is 2. The van der Waals surface area contributed by atoms with Gasteiger partial charge >= 0.3 is 0 Å². The maximum absolute atomic E-state index is 13.3. The molecule has 0 spiro atoms. The van der Waals surface area contributed by atoms with Gasteiger partial charge in [0.2, 0.25) is 0 Å². The summed E-state index contributed by atoms with van der Waals surface area (Å²) in [6.45, 7) is 1.50. The van der Waals surface area contributed by atoms with Crippen LogP contribution in [-0.4, -0.2) is 9.97 Å². The number of benzene rings is 1. The van der Waals surface area contributed by atoms with E-state index in [0.717, 1.165) is 0 Å². The summed E-state index contributed by atoms with van der Waals surface area (Å²) in [6.07, 6.45) is 0. The Bertz CT molecular complexity index is 544. The van der Waals surface area contributed by atoms with E-state index in [9.17, 15) is 4.39 Å². The third-order valence-electron chi connectivity index (χ3n) is 2.16. The molecule has 6 heteroatoms. The van der Waals surface area contributed by atoms with E-state index >= 15 is 0 Å². The lowest BCUT2D eigenvalue weighted by atomic mass is 10.2. The van der Waals surface area contributed by atoms with Gasteiger partial charge in [0.15, 0.2) is 16.8 Å². The highest BCUT2D eigenvalue weighted by Gasteiger charge is 2.15. The van der Waals surface area contributed by atoms with Crippen LogP contribution >= 0.6 is 34.8 Å². The SMILES string of the molecule is Cc1nc(-c2c(Cl)cccc2Cl)nc(Cl)c1F. The lowest BCUT2D eigenvalue weighted by Gasteiger charge is -2.07. The number of halogens is 4. The Morgan fingerprint density at radius 2 is 1.65 bits per heavy atom. The van der Waals surface area contributed by atoms with Crippen LogP contribution in [0.1, 0.15) is 5.69 Å². The number of hydrogen-bond donors (Lipinski definition) is 0. The zero-order valence-electron chi connectivity index (χ0n) is 8.64. The summed E-state index contributed by atoms with van der Waals surface area (Å²) in [5.74, 6) is -0.428. The van der Waals surface area contributed by atoms with Crippen LogP contribution in [0.4, 0.5) is 4.39 Å². The van der Waals surface area contributed by atoms with Crippen molar-refractivity contribution in [3.8, 4) is 11.4 Å². The van der Waals surface area contributed by atoms with Gasteiger partial charge in [-0.3, -0.25) is 0 Å². The quantitative estimate of drug-likeness (QED) is 0.720. The van der Waals surface area contributed by atoms with Crippen LogP contribution in [0.15, 0.2) is 18.2 Å². The van der Waals surface area contributed by atoms with Crippen molar-refractivity contribution in [2.75, 3.05) is 0 Å². The van der Waals surface area contributed by atoms with Crippen LogP contribution in [0.2, 0.25) is 15.2 Å². The predicted molar refractivity (Wildman–Crippen MR) is 67.2 cm³/mol. The molecule has 0 amide bonds. The maximum atomic E-state index is 13.3. The van der Waals surface area contributed by atoms with Crippen molar-refractivity contribution in [2.45, 2.75) is 6.92 Å². The van der Waals surface area contributed by atoms with Crippen molar-refractivity contribution in [1.29, 1.82) is 0 Å². The minimum atomic E-state index is -0.640. The molecule has 17 heavy (non-hydrogen) atoms. The zero-order valence-corrected chi connectivity index (χ0v) is 10.9. The van der Waals surface area contributed by atoms with E-state index in [-0.39, 0.29) is 16.7 Å². The van der Waals surface area contributed by atoms with Crippen LogP contribution in [0.25, 0.3) is 11.4 Å². The minimum absolute atomic E-state index is 0.149. The number of aromatic nitrogens is 2. The Kier molecular flexibility index (Phi) is 3.52. The Labute approximate surface area is 112 Å². The molecule has 2 aromatic rings. The first kappa shape index (κ1) is 12.6. The standard InChI is InChI=1S/C11H6Cl3FN2/c1-5-9(15)10(14)17-11(16-5)8-6(12)3-2-4-7(8)13/h2-4H,1H3. The van der Waals surface area contributed by atoms with E-state index in [0.29, 0.717) is 15.6 Å². The summed E-state index contributed by atoms with van der Waals surface area (Å²) in [7, 11) is 0. The molecule has 1 heterocycles. The Hall–Kier alpha value is -0.900. The Balaban J connectivity index is 2.69. The molecule has 0 unspecified atom stereocenters. The minimum Gasteiger partial charge on any atom is -0.230 e. The second-order valence-electron chi connectivity index (χ2n) is 3.33. The van der Waals surface area contributed by atoms with Gasteiger partial charge in [0.25, 0.3) is 0 Å². The smallest absolute Gasteiger partial charge is 0.181 e. The first-order chi connectivity index (χ1) is 8.00. The third kappa shape index (κ3) is 2.37. The van der Waals surface area contributed by atoms with E-state index in [1.807, 2.05) is 0 Å². The molecular weight excluding hydrogens is 285 g/mol. The van der Waals surface area contributed by atoms with E-state index in [1.165, 1.54) is 6.92 Å². The van der Waals surface area contributed by atoms with Gasteiger partial charge in [0.05, 0.1) is 21.3 Å². The fourth-order valence-electron chi connectivity index (χ4n) is 1.35. The maximum Gasteiger partial charge on any atom is 0.181 e. The fourth-order valence-corrected chi connectivity index (χ4v) is 2.13. The van der Waals surface area contributed by atoms with Crippen LogP contribution in [0.3, 0.4) is 0 Å². The largest absolute Gasteiger partial charge is 0.230 e. The number of rotatable bonds is 1. The molecule has 0 saturated carbocycles. The lowest BCUT2D eigenvalue weighted by molar-refractivity contribution is 0.603. The highest BCUT2D eigenvalue weighted by Crippen LogP contribution is 2.33. The fraction of sp³-hybridized carbons (Fsp3) is 0.0909. The summed E-state index contributed by atoms with van der Waals surface area (Å²) in [5.41, 5.74) is 0.594. The second-order valence-corrected chi connectivity index (χ2v) is 4.51. The molecule has 0 bridgehead atoms. The van der Waals surface area contributed by atoms with Crippen LogP contribution in [0.5, 0.6) is 0 Å². The summed E-state index contributed by atoms with van der Waals surface area (Å²) in [4.78, 5) is 7.82. The topological polar surface area (TPSA) is 25.8 Å². The average molecular weight is 292 g/mol. The molecule has 1 aromatic heterocycles. The summed E-state index contributed by atoms with van der Waals surface area (Å²) in [6, 6.07) is 5.00. The first-order valence-electron chi connectivity index (χ1n) is 4.64. The molecule has 0 aliphatic heterocycles. The van der Waals surface area contributed by atoms with Gasteiger partial charge in [-0.25, -0.2) is 14.4 Å². The molecule has 0 atom stereocenters. The van der Waals surface area contributed by atoms with Crippen molar-refractivity contribution < 1.29 is 4.39 Å². The summed E-state index contributed by atoms with van der Waals surface area (Å²) >= 11 is 17.7. The Morgan fingerprint density at radius 3 is 2.18 bits per heavy atom. The average Bonchev–Trinajstić information content (AvgIpc) is 2.25. The third-order valence-corrected chi connectivity index (χ3v) is 3.04. The predicted octanol–water partition coefficient (Wildman–Crippen LogP) is 4.55. The van der Waals surface area contributed by atoms with Crippen molar-refractivity contribution in [3.05, 3.63) is 44.9 Å². The van der Waals surface area contributed by atoms with Crippen molar-refractivity contribution >= 4 is 34.8 Å². The van der Waals surface area contributed by atoms with Gasteiger partial charge in [0, 0.05) is 0 Å². The zero-order chi connectivity index (χ0) is 12.6. The summed E-state index contributed by atoms with van der Waals surface area (Å²) in [5, 5.41) is 0.530. The molecule has 0 N–H and O–H groups in total. The van der Waals surface area contributed by atoms with E-state index < -0.39 is 5.82 Å². The highest BCUT2D eigenvalue weighted by atomic mass is 35.5. The molecule has 0 saturated heterocycles. The molecule has 0 aliphatic carbocycles. The lowest BCUT2D eigenvalue weighted by Crippen LogP contribution is -1.98. The molecule has 2 nitrogen and oxygen atoms in total.